The molecule has 0 aromatic heterocycles. The number of hydrogen-bond donors (Lipinski definition) is 0. The molecular weight excluding hydrogens is 246 g/mol. The van der Waals surface area contributed by atoms with E-state index in [1.807, 2.05) is 30.3 Å². The van der Waals surface area contributed by atoms with Gasteiger partial charge in [-0.2, -0.15) is 0 Å². The Morgan fingerprint density at radius 3 is 2.44 bits per heavy atom. The van der Waals surface area contributed by atoms with Gasteiger partial charge in [0.1, 0.15) is 17.8 Å². The van der Waals surface area contributed by atoms with E-state index in [2.05, 4.69) is 6.07 Å². The second kappa shape index (κ2) is 6.90. The molecule has 4 heteroatoms. The average Bonchev–Trinajstić information content (AvgIpc) is 2.35. The fourth-order valence-corrected chi connectivity index (χ4v) is 1.96. The van der Waals surface area contributed by atoms with Crippen LogP contribution in [0.1, 0.15) is 21.5 Å². The van der Waals surface area contributed by atoms with Crippen LogP contribution in [0.25, 0.3) is 0 Å². The van der Waals surface area contributed by atoms with Crippen molar-refractivity contribution in [2.24, 2.45) is 0 Å². The van der Waals surface area contributed by atoms with Gasteiger partial charge < -0.3 is 4.74 Å². The molecule has 0 N–H and O–H groups in total. The fourth-order valence-electron chi connectivity index (χ4n) is 1.96. The molecule has 0 bridgehead atoms. The topological polar surface area (TPSA) is 26.3 Å². The van der Waals surface area contributed by atoms with Gasteiger partial charge in [-0.3, -0.25) is 4.79 Å². The van der Waals surface area contributed by atoms with Crippen molar-refractivity contribution in [2.45, 2.75) is 6.42 Å². The van der Waals surface area contributed by atoms with E-state index < -0.39 is 0 Å². The summed E-state index contributed by atoms with van der Waals surface area (Å²) >= 11 is 0. The Hall–Kier alpha value is -0.0900. The van der Waals surface area contributed by atoms with Crippen LogP contribution in [0.15, 0.2) is 42.5 Å². The maximum absolute atomic E-state index is 10.7. The quantitative estimate of drug-likeness (QED) is 0.492. The van der Waals surface area contributed by atoms with Crippen LogP contribution in [-0.2, 0) is 6.42 Å². The zero-order valence-corrected chi connectivity index (χ0v) is 8.64. The predicted molar refractivity (Wildman–Crippen MR) is 75.4 cm³/mol. The number of benzene rings is 2. The number of hydrogen-bond acceptors (Lipinski definition) is 2. The van der Waals surface area contributed by atoms with Crippen LogP contribution in [0.5, 0.6) is 11.5 Å². The summed E-state index contributed by atoms with van der Waals surface area (Å²) in [5, 5.41) is 0. The van der Waals surface area contributed by atoms with E-state index in [1.165, 1.54) is 5.56 Å². The van der Waals surface area contributed by atoms with Gasteiger partial charge in [0.15, 0.2) is 0 Å². The zero-order chi connectivity index (χ0) is 11.0. The third kappa shape index (κ3) is 3.08. The van der Waals surface area contributed by atoms with Gasteiger partial charge in [0.25, 0.3) is 0 Å². The molecule has 18 heavy (non-hydrogen) atoms. The molecule has 2 nitrogen and oxygen atoms in total. The predicted octanol–water partition coefficient (Wildman–Crippen LogP) is 1.90. The Kier molecular flexibility index (Phi) is 6.12. The SMILES string of the molecule is O=Cc1ccc2c(c1)Oc1ccccc1C2.[NaH].[NaH]. The first-order chi connectivity index (χ1) is 7.86. The molecule has 0 fully saturated rings. The van der Waals surface area contributed by atoms with Gasteiger partial charge >= 0.3 is 59.1 Å². The van der Waals surface area contributed by atoms with Crippen LogP contribution >= 0.6 is 0 Å². The van der Waals surface area contributed by atoms with Crippen LogP contribution in [0.2, 0.25) is 0 Å². The zero-order valence-electron chi connectivity index (χ0n) is 8.64. The Bertz CT molecular complexity index is 567. The van der Waals surface area contributed by atoms with Crippen molar-refractivity contribution in [3.8, 4) is 11.5 Å². The van der Waals surface area contributed by atoms with E-state index >= 15 is 0 Å². The summed E-state index contributed by atoms with van der Waals surface area (Å²) in [6.07, 6.45) is 1.70. The maximum atomic E-state index is 10.7. The molecule has 1 aliphatic rings. The van der Waals surface area contributed by atoms with Gasteiger partial charge in [-0.15, -0.1) is 0 Å². The molecule has 0 saturated carbocycles. The summed E-state index contributed by atoms with van der Waals surface area (Å²) in [6.45, 7) is 0. The molecule has 2 aromatic rings. The molecule has 0 radical (unpaired) electrons. The van der Waals surface area contributed by atoms with E-state index in [-0.39, 0.29) is 59.1 Å². The van der Waals surface area contributed by atoms with Crippen molar-refractivity contribution in [3.05, 3.63) is 59.2 Å². The first-order valence-electron chi connectivity index (χ1n) is 5.21. The van der Waals surface area contributed by atoms with Crippen molar-refractivity contribution in [3.63, 3.8) is 0 Å². The number of aldehydes is 1. The number of fused-ring (bicyclic) bond motifs is 2. The number of para-hydroxylation sites is 1. The van der Waals surface area contributed by atoms with Crippen LogP contribution in [0.4, 0.5) is 0 Å². The van der Waals surface area contributed by atoms with Gasteiger partial charge in [0, 0.05) is 12.0 Å². The van der Waals surface area contributed by atoms with E-state index in [4.69, 9.17) is 4.74 Å². The van der Waals surface area contributed by atoms with Crippen molar-refractivity contribution in [1.29, 1.82) is 0 Å². The fraction of sp³-hybridized carbons (Fsp3) is 0.0714. The summed E-state index contributed by atoms with van der Waals surface area (Å²) in [6, 6.07) is 13.5. The summed E-state index contributed by atoms with van der Waals surface area (Å²) < 4.78 is 5.76. The molecule has 0 spiro atoms. The second-order valence-electron chi connectivity index (χ2n) is 3.87. The Balaban J connectivity index is 0.000000810. The van der Waals surface area contributed by atoms with E-state index in [0.29, 0.717) is 5.56 Å². The van der Waals surface area contributed by atoms with Gasteiger partial charge in [-0.1, -0.05) is 30.3 Å². The van der Waals surface area contributed by atoms with E-state index in [1.54, 1.807) is 6.07 Å². The monoisotopic (exact) mass is 258 g/mol. The van der Waals surface area contributed by atoms with Crippen molar-refractivity contribution in [1.82, 2.24) is 0 Å². The molecule has 0 atom stereocenters. The van der Waals surface area contributed by atoms with E-state index in [9.17, 15) is 4.79 Å². The molecule has 0 saturated heterocycles. The first-order valence-corrected chi connectivity index (χ1v) is 5.21. The standard InChI is InChI=1S/C14H10O2.2Na.2H/c15-9-10-5-6-12-8-11-3-1-2-4-13(11)16-14(12)7-10;;;;/h1-7,9H,8H2;;;;. The van der Waals surface area contributed by atoms with Crippen molar-refractivity contribution >= 4 is 65.4 Å². The van der Waals surface area contributed by atoms with Gasteiger partial charge in [-0.05, 0) is 23.3 Å². The van der Waals surface area contributed by atoms with Crippen molar-refractivity contribution in [2.75, 3.05) is 0 Å². The summed E-state index contributed by atoms with van der Waals surface area (Å²) in [4.78, 5) is 10.7. The Morgan fingerprint density at radius 1 is 0.944 bits per heavy atom. The average molecular weight is 258 g/mol. The first kappa shape index (κ1) is 16.0. The van der Waals surface area contributed by atoms with Gasteiger partial charge in [0.05, 0.1) is 0 Å². The number of rotatable bonds is 1. The minimum absolute atomic E-state index is 0. The van der Waals surface area contributed by atoms with Gasteiger partial charge in [0.2, 0.25) is 0 Å². The Morgan fingerprint density at radius 2 is 1.67 bits per heavy atom. The molecule has 3 rings (SSSR count). The van der Waals surface area contributed by atoms with Crippen LogP contribution in [0.3, 0.4) is 0 Å². The van der Waals surface area contributed by atoms with E-state index in [0.717, 1.165) is 29.8 Å². The third-order valence-corrected chi connectivity index (χ3v) is 2.80. The molecule has 0 unspecified atom stereocenters. The normalized spacial score (nSPS) is 10.9. The van der Waals surface area contributed by atoms with Crippen LogP contribution < -0.4 is 4.74 Å². The molecule has 0 amide bonds. The molecule has 0 aliphatic carbocycles. The summed E-state index contributed by atoms with van der Waals surface area (Å²) in [5.41, 5.74) is 2.97. The molecule has 1 aliphatic heterocycles. The van der Waals surface area contributed by atoms with Crippen LogP contribution in [0, 0.1) is 0 Å². The second-order valence-corrected chi connectivity index (χ2v) is 3.87. The molecular formula is C14H12Na2O2. The van der Waals surface area contributed by atoms with Crippen LogP contribution in [-0.4, -0.2) is 65.4 Å². The van der Waals surface area contributed by atoms with Crippen molar-refractivity contribution < 1.29 is 9.53 Å². The molecule has 82 valence electrons. The molecule has 1 heterocycles. The third-order valence-electron chi connectivity index (χ3n) is 2.80. The molecule has 2 aromatic carbocycles. The summed E-state index contributed by atoms with van der Waals surface area (Å²) in [7, 11) is 0. The number of carbonyl (C=O) groups is 1. The minimum atomic E-state index is 0. The Labute approximate surface area is 150 Å². The number of carbonyl (C=O) groups excluding carboxylic acids is 1. The number of ether oxygens (including phenoxy) is 1. The van der Waals surface area contributed by atoms with Gasteiger partial charge in [-0.25, -0.2) is 0 Å². The summed E-state index contributed by atoms with van der Waals surface area (Å²) in [5.74, 6) is 1.68.